The van der Waals surface area contributed by atoms with E-state index in [1.54, 1.807) is 37.3 Å². The zero-order chi connectivity index (χ0) is 17.3. The number of benzene rings is 2. The Morgan fingerprint density at radius 1 is 1.17 bits per heavy atom. The van der Waals surface area contributed by atoms with E-state index in [2.05, 4.69) is 4.72 Å². The van der Waals surface area contributed by atoms with E-state index in [4.69, 9.17) is 16.3 Å². The molecule has 0 saturated carbocycles. The van der Waals surface area contributed by atoms with Gasteiger partial charge in [-0.15, -0.1) is 0 Å². The molecule has 2 aromatic rings. The molecule has 0 aromatic heterocycles. The van der Waals surface area contributed by atoms with Crippen LogP contribution in [0.5, 0.6) is 0 Å². The standard InChI is InChI=1S/C16H15ClN2O4S/c1-11-2-3-12(17)10-15(11)18-24(21,22)14-6-4-13(5-7-14)19-8-9-23-16(19)20/h2-7,10,18H,8-9H2,1H3. The van der Waals surface area contributed by atoms with Gasteiger partial charge in [-0.3, -0.25) is 9.62 Å². The molecule has 0 bridgehead atoms. The van der Waals surface area contributed by atoms with Crippen LogP contribution in [0.2, 0.25) is 5.02 Å². The molecule has 126 valence electrons. The van der Waals surface area contributed by atoms with Crippen molar-refractivity contribution in [3.63, 3.8) is 0 Å². The maximum Gasteiger partial charge on any atom is 0.414 e. The van der Waals surface area contributed by atoms with Crippen molar-refractivity contribution in [1.82, 2.24) is 0 Å². The first kappa shape index (κ1) is 16.6. The molecule has 1 saturated heterocycles. The molecule has 24 heavy (non-hydrogen) atoms. The van der Waals surface area contributed by atoms with Gasteiger partial charge in [0.05, 0.1) is 17.1 Å². The second-order valence-corrected chi connectivity index (χ2v) is 7.44. The molecule has 1 amide bonds. The monoisotopic (exact) mass is 366 g/mol. The summed E-state index contributed by atoms with van der Waals surface area (Å²) in [5, 5.41) is 0.446. The van der Waals surface area contributed by atoms with Crippen LogP contribution < -0.4 is 9.62 Å². The number of nitrogens with zero attached hydrogens (tertiary/aromatic N) is 1. The van der Waals surface area contributed by atoms with Crippen molar-refractivity contribution in [2.24, 2.45) is 0 Å². The zero-order valence-corrected chi connectivity index (χ0v) is 14.4. The Morgan fingerprint density at radius 3 is 2.50 bits per heavy atom. The summed E-state index contributed by atoms with van der Waals surface area (Å²) >= 11 is 5.91. The van der Waals surface area contributed by atoms with E-state index in [1.807, 2.05) is 0 Å². The average Bonchev–Trinajstić information content (AvgIpc) is 2.97. The zero-order valence-electron chi connectivity index (χ0n) is 12.8. The highest BCUT2D eigenvalue weighted by Gasteiger charge is 2.24. The van der Waals surface area contributed by atoms with Crippen molar-refractivity contribution in [3.05, 3.63) is 53.1 Å². The Labute approximate surface area is 145 Å². The fraction of sp³-hybridized carbons (Fsp3) is 0.188. The second-order valence-electron chi connectivity index (χ2n) is 5.32. The smallest absolute Gasteiger partial charge is 0.414 e. The van der Waals surface area contributed by atoms with Gasteiger partial charge in [0, 0.05) is 10.7 Å². The highest BCUT2D eigenvalue weighted by atomic mass is 35.5. The summed E-state index contributed by atoms with van der Waals surface area (Å²) in [4.78, 5) is 13.1. The lowest BCUT2D eigenvalue weighted by molar-refractivity contribution is 0.181. The number of aryl methyl sites for hydroxylation is 1. The quantitative estimate of drug-likeness (QED) is 0.899. The Morgan fingerprint density at radius 2 is 1.88 bits per heavy atom. The number of amides is 1. The Balaban J connectivity index is 1.84. The number of ether oxygens (including phenoxy) is 1. The van der Waals surface area contributed by atoms with Crippen molar-refractivity contribution >= 4 is 39.1 Å². The van der Waals surface area contributed by atoms with Crippen LogP contribution in [0, 0.1) is 6.92 Å². The molecule has 1 N–H and O–H groups in total. The van der Waals surface area contributed by atoms with Gasteiger partial charge in [-0.05, 0) is 48.9 Å². The largest absolute Gasteiger partial charge is 0.447 e. The lowest BCUT2D eigenvalue weighted by Gasteiger charge is -2.14. The molecule has 0 atom stereocenters. The number of anilines is 2. The maximum absolute atomic E-state index is 12.5. The molecule has 1 heterocycles. The third-order valence-corrected chi connectivity index (χ3v) is 5.28. The van der Waals surface area contributed by atoms with E-state index < -0.39 is 16.1 Å². The average molecular weight is 367 g/mol. The summed E-state index contributed by atoms with van der Waals surface area (Å²) in [5.74, 6) is 0. The van der Waals surface area contributed by atoms with E-state index in [0.717, 1.165) is 5.56 Å². The van der Waals surface area contributed by atoms with Crippen molar-refractivity contribution < 1.29 is 17.9 Å². The highest BCUT2D eigenvalue weighted by Crippen LogP contribution is 2.25. The second kappa shape index (κ2) is 6.33. The Kier molecular flexibility index (Phi) is 4.38. The molecule has 1 aliphatic rings. The van der Waals surface area contributed by atoms with Crippen LogP contribution in [0.1, 0.15) is 5.56 Å². The molecule has 8 heteroatoms. The summed E-state index contributed by atoms with van der Waals surface area (Å²) in [5.41, 5.74) is 1.78. The summed E-state index contributed by atoms with van der Waals surface area (Å²) in [6.07, 6.45) is -0.432. The third kappa shape index (κ3) is 3.32. The normalized spacial score (nSPS) is 14.6. The van der Waals surface area contributed by atoms with Crippen molar-refractivity contribution in [3.8, 4) is 0 Å². The fourth-order valence-electron chi connectivity index (χ4n) is 2.34. The lowest BCUT2D eigenvalue weighted by atomic mass is 10.2. The highest BCUT2D eigenvalue weighted by molar-refractivity contribution is 7.92. The van der Waals surface area contributed by atoms with Gasteiger partial charge in [-0.1, -0.05) is 17.7 Å². The van der Waals surface area contributed by atoms with Crippen LogP contribution in [0.4, 0.5) is 16.2 Å². The number of carbonyl (C=O) groups excluding carboxylic acids is 1. The van der Waals surface area contributed by atoms with Crippen LogP contribution in [-0.2, 0) is 14.8 Å². The van der Waals surface area contributed by atoms with Gasteiger partial charge in [-0.25, -0.2) is 13.2 Å². The van der Waals surface area contributed by atoms with E-state index >= 15 is 0 Å². The summed E-state index contributed by atoms with van der Waals surface area (Å²) in [6, 6.07) is 11.0. The van der Waals surface area contributed by atoms with Crippen LogP contribution >= 0.6 is 11.6 Å². The van der Waals surface area contributed by atoms with Crippen LogP contribution in [0.15, 0.2) is 47.4 Å². The molecular formula is C16H15ClN2O4S. The van der Waals surface area contributed by atoms with Crippen molar-refractivity contribution in [2.45, 2.75) is 11.8 Å². The Hall–Kier alpha value is -2.25. The summed E-state index contributed by atoms with van der Waals surface area (Å²) in [7, 11) is -3.75. The minimum absolute atomic E-state index is 0.0955. The van der Waals surface area contributed by atoms with Gasteiger partial charge in [0.2, 0.25) is 0 Å². The van der Waals surface area contributed by atoms with Gasteiger partial charge >= 0.3 is 6.09 Å². The first-order chi connectivity index (χ1) is 11.4. The van der Waals surface area contributed by atoms with Gasteiger partial charge in [0.15, 0.2) is 0 Å². The molecule has 0 spiro atoms. The predicted molar refractivity (Wildman–Crippen MR) is 92.1 cm³/mol. The molecule has 6 nitrogen and oxygen atoms in total. The Bertz CT molecular complexity index is 881. The lowest BCUT2D eigenvalue weighted by Crippen LogP contribution is -2.23. The molecule has 0 unspecified atom stereocenters. The molecular weight excluding hydrogens is 352 g/mol. The first-order valence-electron chi connectivity index (χ1n) is 7.20. The van der Waals surface area contributed by atoms with Gasteiger partial charge in [-0.2, -0.15) is 0 Å². The van der Waals surface area contributed by atoms with Crippen LogP contribution in [0.3, 0.4) is 0 Å². The van der Waals surface area contributed by atoms with Gasteiger partial charge in [0.1, 0.15) is 6.61 Å². The first-order valence-corrected chi connectivity index (χ1v) is 9.06. The molecule has 2 aromatic carbocycles. The summed E-state index contributed by atoms with van der Waals surface area (Å²) in [6.45, 7) is 2.57. The number of cyclic esters (lactones) is 1. The molecule has 0 aliphatic carbocycles. The SMILES string of the molecule is Cc1ccc(Cl)cc1NS(=O)(=O)c1ccc(N2CCOC2=O)cc1. The van der Waals surface area contributed by atoms with E-state index in [9.17, 15) is 13.2 Å². The molecule has 3 rings (SSSR count). The molecule has 1 aliphatic heterocycles. The third-order valence-electron chi connectivity index (χ3n) is 3.66. The number of sulfonamides is 1. The van der Waals surface area contributed by atoms with E-state index in [0.29, 0.717) is 29.5 Å². The van der Waals surface area contributed by atoms with Crippen LogP contribution in [0.25, 0.3) is 0 Å². The number of nitrogens with one attached hydrogen (secondary N) is 1. The van der Waals surface area contributed by atoms with Gasteiger partial charge < -0.3 is 4.74 Å². The number of hydrogen-bond acceptors (Lipinski definition) is 4. The predicted octanol–water partition coefficient (Wildman–Crippen LogP) is 3.41. The summed E-state index contributed by atoms with van der Waals surface area (Å²) < 4.78 is 32.4. The number of halogens is 1. The fourth-order valence-corrected chi connectivity index (χ4v) is 3.63. The minimum atomic E-state index is -3.75. The molecule has 0 radical (unpaired) electrons. The van der Waals surface area contributed by atoms with Gasteiger partial charge in [0.25, 0.3) is 10.0 Å². The minimum Gasteiger partial charge on any atom is -0.447 e. The van der Waals surface area contributed by atoms with E-state index in [1.165, 1.54) is 17.0 Å². The maximum atomic E-state index is 12.5. The van der Waals surface area contributed by atoms with E-state index in [-0.39, 0.29) is 4.90 Å². The topological polar surface area (TPSA) is 75.7 Å². The number of hydrogen-bond donors (Lipinski definition) is 1. The van der Waals surface area contributed by atoms with Crippen LogP contribution in [-0.4, -0.2) is 27.7 Å². The number of rotatable bonds is 4. The van der Waals surface area contributed by atoms with Crippen molar-refractivity contribution in [2.75, 3.05) is 22.8 Å². The van der Waals surface area contributed by atoms with Crippen molar-refractivity contribution in [1.29, 1.82) is 0 Å². The molecule has 1 fully saturated rings. The number of carbonyl (C=O) groups is 1.